The fourth-order valence-electron chi connectivity index (χ4n) is 4.71. The second-order valence-corrected chi connectivity index (χ2v) is 10.0. The van der Waals surface area contributed by atoms with Gasteiger partial charge in [0.15, 0.2) is 0 Å². The van der Waals surface area contributed by atoms with Crippen LogP contribution in [0.5, 0.6) is 5.75 Å². The van der Waals surface area contributed by atoms with Crippen molar-refractivity contribution in [3.05, 3.63) is 58.6 Å². The third-order valence-electron chi connectivity index (χ3n) is 6.45. The molecule has 2 N–H and O–H groups in total. The van der Waals surface area contributed by atoms with Crippen LogP contribution >= 0.6 is 15.9 Å². The molecule has 0 amide bonds. The van der Waals surface area contributed by atoms with Gasteiger partial charge >= 0.3 is 0 Å². The van der Waals surface area contributed by atoms with Gasteiger partial charge in [0.1, 0.15) is 11.6 Å². The maximum absolute atomic E-state index is 5.78. The maximum Gasteiger partial charge on any atom is 0.128 e. The molecule has 0 bridgehead atoms. The number of anilines is 2. The Balaban J connectivity index is 1.29. The molecule has 2 aromatic carbocycles. The lowest BCUT2D eigenvalue weighted by Gasteiger charge is -2.30. The molecule has 1 fully saturated rings. The molecule has 0 spiro atoms. The van der Waals surface area contributed by atoms with E-state index in [-0.39, 0.29) is 0 Å². The second kappa shape index (κ2) is 11.2. The van der Waals surface area contributed by atoms with Gasteiger partial charge in [0.2, 0.25) is 0 Å². The highest BCUT2D eigenvalue weighted by molar-refractivity contribution is 9.10. The van der Waals surface area contributed by atoms with Crippen molar-refractivity contribution < 1.29 is 4.74 Å². The first-order valence-electron chi connectivity index (χ1n) is 12.0. The lowest BCUT2D eigenvalue weighted by molar-refractivity contribution is 0.319. The van der Waals surface area contributed by atoms with Crippen LogP contribution in [-0.4, -0.2) is 38.3 Å². The molecule has 0 saturated heterocycles. The molecule has 1 aromatic heterocycles. The predicted molar refractivity (Wildman–Crippen MR) is 142 cm³/mol. The monoisotopic (exact) mass is 510 g/mol. The molecule has 1 saturated carbocycles. The van der Waals surface area contributed by atoms with Gasteiger partial charge in [-0.05, 0) is 69.3 Å². The van der Waals surface area contributed by atoms with Crippen LogP contribution in [0.1, 0.15) is 38.2 Å². The number of halogens is 1. The first-order valence-corrected chi connectivity index (χ1v) is 12.8. The van der Waals surface area contributed by atoms with Crippen molar-refractivity contribution in [1.29, 1.82) is 0 Å². The zero-order valence-electron chi connectivity index (χ0n) is 19.9. The molecule has 0 aliphatic heterocycles. The normalized spacial score (nSPS) is 18.3. The fourth-order valence-corrected chi connectivity index (χ4v) is 5.12. The van der Waals surface area contributed by atoms with Crippen LogP contribution in [0.15, 0.2) is 53.0 Å². The SMILES string of the molecule is CCOc1ccc(Br)cc1CNC[C@H]1CC[C@@H](Nc2cc(N(C)C)c3ccccc3n2)CC1. The highest BCUT2D eigenvalue weighted by atomic mass is 79.9. The average molecular weight is 512 g/mol. The molecular formula is C27H35BrN4O. The summed E-state index contributed by atoms with van der Waals surface area (Å²) in [6.45, 7) is 4.60. The quantitative estimate of drug-likeness (QED) is 0.357. The van der Waals surface area contributed by atoms with E-state index in [1.807, 2.05) is 19.1 Å². The van der Waals surface area contributed by atoms with E-state index in [1.165, 1.54) is 42.3 Å². The van der Waals surface area contributed by atoms with E-state index in [0.717, 1.165) is 34.6 Å². The van der Waals surface area contributed by atoms with Crippen molar-refractivity contribution in [1.82, 2.24) is 10.3 Å². The van der Waals surface area contributed by atoms with Gasteiger partial charge in [-0.1, -0.05) is 34.1 Å². The molecule has 33 heavy (non-hydrogen) atoms. The third-order valence-corrected chi connectivity index (χ3v) is 6.94. The highest BCUT2D eigenvalue weighted by Crippen LogP contribution is 2.30. The number of para-hydroxylation sites is 1. The van der Waals surface area contributed by atoms with Gasteiger partial charge < -0.3 is 20.3 Å². The number of hydrogen-bond donors (Lipinski definition) is 2. The highest BCUT2D eigenvalue weighted by Gasteiger charge is 2.22. The number of aromatic nitrogens is 1. The molecular weight excluding hydrogens is 476 g/mol. The van der Waals surface area contributed by atoms with E-state index in [1.54, 1.807) is 0 Å². The Bertz CT molecular complexity index is 1060. The van der Waals surface area contributed by atoms with Gasteiger partial charge in [-0.25, -0.2) is 4.98 Å². The predicted octanol–water partition coefficient (Wildman–Crippen LogP) is 6.22. The van der Waals surface area contributed by atoms with Crippen LogP contribution in [0.4, 0.5) is 11.5 Å². The van der Waals surface area contributed by atoms with Crippen molar-refractivity contribution in [3.8, 4) is 5.75 Å². The van der Waals surface area contributed by atoms with E-state index in [2.05, 4.69) is 82.0 Å². The van der Waals surface area contributed by atoms with Crippen molar-refractivity contribution in [2.45, 2.75) is 45.2 Å². The summed E-state index contributed by atoms with van der Waals surface area (Å²) in [7, 11) is 4.18. The molecule has 4 rings (SSSR count). The Kier molecular flexibility index (Phi) is 8.10. The molecule has 1 aliphatic rings. The van der Waals surface area contributed by atoms with Crippen molar-refractivity contribution in [3.63, 3.8) is 0 Å². The smallest absolute Gasteiger partial charge is 0.128 e. The summed E-state index contributed by atoms with van der Waals surface area (Å²) in [5.74, 6) is 2.67. The molecule has 0 radical (unpaired) electrons. The summed E-state index contributed by atoms with van der Waals surface area (Å²) in [5, 5.41) is 8.58. The number of nitrogens with one attached hydrogen (secondary N) is 2. The molecule has 0 unspecified atom stereocenters. The summed E-state index contributed by atoms with van der Waals surface area (Å²) >= 11 is 3.58. The minimum atomic E-state index is 0.486. The summed E-state index contributed by atoms with van der Waals surface area (Å²) in [6.07, 6.45) is 4.82. The topological polar surface area (TPSA) is 49.4 Å². The number of rotatable bonds is 9. The van der Waals surface area contributed by atoms with Gasteiger partial charge in [-0.15, -0.1) is 0 Å². The molecule has 1 heterocycles. The van der Waals surface area contributed by atoms with Crippen molar-refractivity contribution in [2.75, 3.05) is 37.5 Å². The summed E-state index contributed by atoms with van der Waals surface area (Å²) < 4.78 is 6.87. The van der Waals surface area contributed by atoms with Gasteiger partial charge in [0.25, 0.3) is 0 Å². The molecule has 3 aromatic rings. The van der Waals surface area contributed by atoms with E-state index in [4.69, 9.17) is 9.72 Å². The Morgan fingerprint density at radius 3 is 2.61 bits per heavy atom. The largest absolute Gasteiger partial charge is 0.494 e. The van der Waals surface area contributed by atoms with Crippen molar-refractivity contribution in [2.24, 2.45) is 5.92 Å². The number of nitrogens with zero attached hydrogens (tertiary/aromatic N) is 2. The lowest BCUT2D eigenvalue weighted by atomic mass is 9.86. The van der Waals surface area contributed by atoms with Crippen LogP contribution in [-0.2, 0) is 6.54 Å². The van der Waals surface area contributed by atoms with Crippen LogP contribution in [0, 0.1) is 5.92 Å². The zero-order chi connectivity index (χ0) is 23.2. The molecule has 5 nitrogen and oxygen atoms in total. The van der Waals surface area contributed by atoms with Gasteiger partial charge in [-0.2, -0.15) is 0 Å². The number of hydrogen-bond acceptors (Lipinski definition) is 5. The molecule has 1 aliphatic carbocycles. The van der Waals surface area contributed by atoms with Gasteiger partial charge in [-0.3, -0.25) is 0 Å². The molecule has 6 heteroatoms. The minimum Gasteiger partial charge on any atom is -0.494 e. The van der Waals surface area contributed by atoms with Crippen molar-refractivity contribution >= 4 is 38.3 Å². The molecule has 176 valence electrons. The Hall–Kier alpha value is -2.31. The maximum atomic E-state index is 5.78. The number of fused-ring (bicyclic) bond motifs is 1. The summed E-state index contributed by atoms with van der Waals surface area (Å²) in [5.41, 5.74) is 3.46. The summed E-state index contributed by atoms with van der Waals surface area (Å²) in [6, 6.07) is 17.3. The number of pyridine rings is 1. The fraction of sp³-hybridized carbons (Fsp3) is 0.444. The van der Waals surface area contributed by atoms with Crippen LogP contribution in [0.25, 0.3) is 10.9 Å². The lowest BCUT2D eigenvalue weighted by Crippen LogP contribution is -2.31. The average Bonchev–Trinajstić information content (AvgIpc) is 2.81. The first kappa shape index (κ1) is 23.8. The zero-order valence-corrected chi connectivity index (χ0v) is 21.5. The standard InChI is InChI=1S/C27H35BrN4O/c1-4-33-26-14-11-21(28)15-20(26)18-29-17-19-9-12-22(13-10-19)30-27-16-25(32(2)3)23-7-5-6-8-24(23)31-27/h5-8,11,14-16,19,22,29H,4,9-10,12-13,17-18H2,1-3H3,(H,30,31)/t19-,22+. The minimum absolute atomic E-state index is 0.486. The molecule has 0 atom stereocenters. The van der Waals surface area contributed by atoms with E-state index in [9.17, 15) is 0 Å². The van der Waals surface area contributed by atoms with E-state index in [0.29, 0.717) is 18.6 Å². The Labute approximate surface area is 206 Å². The van der Waals surface area contributed by atoms with Crippen LogP contribution < -0.4 is 20.3 Å². The van der Waals surface area contributed by atoms with E-state index < -0.39 is 0 Å². The third kappa shape index (κ3) is 6.18. The van der Waals surface area contributed by atoms with Crippen LogP contribution in [0.3, 0.4) is 0 Å². The Morgan fingerprint density at radius 2 is 1.85 bits per heavy atom. The van der Waals surface area contributed by atoms with Gasteiger partial charge in [0.05, 0.1) is 12.1 Å². The van der Waals surface area contributed by atoms with E-state index >= 15 is 0 Å². The summed E-state index contributed by atoms with van der Waals surface area (Å²) in [4.78, 5) is 7.05. The number of ether oxygens (including phenoxy) is 1. The number of benzene rings is 2. The Morgan fingerprint density at radius 1 is 1.06 bits per heavy atom. The second-order valence-electron chi connectivity index (χ2n) is 9.12. The van der Waals surface area contributed by atoms with Crippen LogP contribution in [0.2, 0.25) is 0 Å². The van der Waals surface area contributed by atoms with Gasteiger partial charge in [0, 0.05) is 53.9 Å². The first-order chi connectivity index (χ1) is 16.0.